The lowest BCUT2D eigenvalue weighted by atomic mass is 10.0. The van der Waals surface area contributed by atoms with Crippen molar-refractivity contribution in [1.82, 2.24) is 0 Å². The van der Waals surface area contributed by atoms with E-state index in [1.807, 2.05) is 38.2 Å². The van der Waals surface area contributed by atoms with Gasteiger partial charge in [0.2, 0.25) is 5.91 Å². The summed E-state index contributed by atoms with van der Waals surface area (Å²) in [6.45, 7) is 4.58. The summed E-state index contributed by atoms with van der Waals surface area (Å²) in [4.78, 5) is 13.8. The van der Waals surface area contributed by atoms with Crippen LogP contribution in [0.4, 0.5) is 5.69 Å². The van der Waals surface area contributed by atoms with Gasteiger partial charge in [-0.3, -0.25) is 4.79 Å². The molecule has 3 nitrogen and oxygen atoms in total. The van der Waals surface area contributed by atoms with Gasteiger partial charge in [-0.25, -0.2) is 0 Å². The third-order valence-corrected chi connectivity index (χ3v) is 3.01. The van der Waals surface area contributed by atoms with Crippen molar-refractivity contribution in [3.63, 3.8) is 0 Å². The maximum atomic E-state index is 12.1. The highest BCUT2D eigenvalue weighted by molar-refractivity contribution is 5.94. The molecule has 0 radical (unpaired) electrons. The second kappa shape index (κ2) is 6.40. The van der Waals surface area contributed by atoms with Gasteiger partial charge in [-0.05, 0) is 24.1 Å². The lowest BCUT2D eigenvalue weighted by molar-refractivity contribution is -0.121. The molecule has 0 aliphatic heterocycles. The fraction of sp³-hybridized carbons (Fsp3) is 0.500. The molecule has 1 rings (SSSR count). The fourth-order valence-corrected chi connectivity index (χ4v) is 1.91. The Morgan fingerprint density at radius 3 is 2.76 bits per heavy atom. The Balaban J connectivity index is 2.80. The average molecular weight is 234 g/mol. The first kappa shape index (κ1) is 13.7. The highest BCUT2D eigenvalue weighted by Gasteiger charge is 2.17. The van der Waals surface area contributed by atoms with Gasteiger partial charge in [0.25, 0.3) is 0 Å². The predicted molar refractivity (Wildman–Crippen MR) is 71.8 cm³/mol. The molecule has 0 saturated carbocycles. The molecule has 0 fully saturated rings. The van der Waals surface area contributed by atoms with Crippen LogP contribution in [-0.4, -0.2) is 13.0 Å². The summed E-state index contributed by atoms with van der Waals surface area (Å²) < 4.78 is 0. The minimum Gasteiger partial charge on any atom is -0.326 e. The number of hydrogen-bond donors (Lipinski definition) is 1. The molecular formula is C14H22N2O. The summed E-state index contributed by atoms with van der Waals surface area (Å²) in [5, 5.41) is 0. The first-order valence-corrected chi connectivity index (χ1v) is 6.16. The molecule has 0 saturated heterocycles. The molecule has 3 heteroatoms. The second-order valence-corrected chi connectivity index (χ2v) is 4.46. The van der Waals surface area contributed by atoms with Crippen LogP contribution in [0, 0.1) is 5.92 Å². The van der Waals surface area contributed by atoms with Crippen molar-refractivity contribution in [2.45, 2.75) is 33.2 Å². The smallest absolute Gasteiger partial charge is 0.229 e. The van der Waals surface area contributed by atoms with Gasteiger partial charge in [-0.1, -0.05) is 32.4 Å². The molecule has 0 aliphatic carbocycles. The van der Waals surface area contributed by atoms with Gasteiger partial charge in [0.05, 0.1) is 0 Å². The van der Waals surface area contributed by atoms with Crippen molar-refractivity contribution in [2.24, 2.45) is 11.7 Å². The molecular weight excluding hydrogens is 212 g/mol. The van der Waals surface area contributed by atoms with Crippen LogP contribution in [0.25, 0.3) is 0 Å². The number of hydrogen-bond acceptors (Lipinski definition) is 2. The minimum atomic E-state index is 0.0755. The first-order chi connectivity index (χ1) is 8.10. The highest BCUT2D eigenvalue weighted by Crippen LogP contribution is 2.18. The van der Waals surface area contributed by atoms with E-state index in [1.54, 1.807) is 4.90 Å². The van der Waals surface area contributed by atoms with Crippen LogP contribution in [0.2, 0.25) is 0 Å². The molecule has 0 aromatic heterocycles. The lowest BCUT2D eigenvalue weighted by Gasteiger charge is -2.21. The third kappa shape index (κ3) is 3.56. The number of amides is 1. The number of carbonyl (C=O) groups excluding carboxylic acids is 1. The summed E-state index contributed by atoms with van der Waals surface area (Å²) in [7, 11) is 1.82. The lowest BCUT2D eigenvalue weighted by Crippen LogP contribution is -2.31. The van der Waals surface area contributed by atoms with Crippen LogP contribution in [0.1, 0.15) is 32.3 Å². The van der Waals surface area contributed by atoms with Gasteiger partial charge in [0.15, 0.2) is 0 Å². The van der Waals surface area contributed by atoms with E-state index in [-0.39, 0.29) is 11.8 Å². The zero-order valence-electron chi connectivity index (χ0n) is 10.9. The molecule has 1 amide bonds. The Morgan fingerprint density at radius 2 is 2.18 bits per heavy atom. The number of nitrogens with two attached hydrogens (primary N) is 1. The molecule has 2 N–H and O–H groups in total. The number of benzene rings is 1. The van der Waals surface area contributed by atoms with Gasteiger partial charge in [0, 0.05) is 25.2 Å². The molecule has 1 aromatic carbocycles. The predicted octanol–water partition coefficient (Wildman–Crippen LogP) is 2.54. The maximum Gasteiger partial charge on any atom is 0.229 e. The molecule has 17 heavy (non-hydrogen) atoms. The summed E-state index contributed by atoms with van der Waals surface area (Å²) in [6.07, 6.45) is 1.96. The Labute approximate surface area is 104 Å². The third-order valence-electron chi connectivity index (χ3n) is 3.01. The monoisotopic (exact) mass is 234 g/mol. The van der Waals surface area contributed by atoms with Crippen molar-refractivity contribution in [3.8, 4) is 0 Å². The maximum absolute atomic E-state index is 12.1. The van der Waals surface area contributed by atoms with E-state index in [9.17, 15) is 4.79 Å². The Morgan fingerprint density at radius 1 is 1.47 bits per heavy atom. The van der Waals surface area contributed by atoms with E-state index < -0.39 is 0 Å². The van der Waals surface area contributed by atoms with Gasteiger partial charge in [-0.2, -0.15) is 0 Å². The van der Waals surface area contributed by atoms with Crippen LogP contribution >= 0.6 is 0 Å². The van der Waals surface area contributed by atoms with Crippen LogP contribution in [0.3, 0.4) is 0 Å². The van der Waals surface area contributed by atoms with Crippen molar-refractivity contribution in [3.05, 3.63) is 29.8 Å². The van der Waals surface area contributed by atoms with Crippen LogP contribution in [0.5, 0.6) is 0 Å². The zero-order chi connectivity index (χ0) is 12.8. The number of rotatable bonds is 5. The van der Waals surface area contributed by atoms with Gasteiger partial charge >= 0.3 is 0 Å². The highest BCUT2D eigenvalue weighted by atomic mass is 16.2. The first-order valence-electron chi connectivity index (χ1n) is 6.16. The molecule has 0 aliphatic rings. The average Bonchev–Trinajstić information content (AvgIpc) is 2.37. The van der Waals surface area contributed by atoms with E-state index in [0.717, 1.165) is 24.1 Å². The molecule has 94 valence electrons. The largest absolute Gasteiger partial charge is 0.326 e. The normalized spacial score (nSPS) is 12.2. The number of nitrogens with zero attached hydrogens (tertiary/aromatic N) is 1. The standard InChI is InChI=1S/C14H22N2O/c1-4-6-11(2)14(17)16(3)13-8-5-7-12(9-13)10-15/h5,7-9,11H,4,6,10,15H2,1-3H3. The van der Waals surface area contributed by atoms with E-state index in [2.05, 4.69) is 6.92 Å². The zero-order valence-corrected chi connectivity index (χ0v) is 10.9. The molecule has 0 heterocycles. The SMILES string of the molecule is CCCC(C)C(=O)N(C)c1cccc(CN)c1. The van der Waals surface area contributed by atoms with Crippen LogP contribution in [0.15, 0.2) is 24.3 Å². The Bertz CT molecular complexity index is 376. The van der Waals surface area contributed by atoms with Gasteiger partial charge < -0.3 is 10.6 Å². The molecule has 0 spiro atoms. The summed E-state index contributed by atoms with van der Waals surface area (Å²) >= 11 is 0. The topological polar surface area (TPSA) is 46.3 Å². The fourth-order valence-electron chi connectivity index (χ4n) is 1.91. The molecule has 1 aromatic rings. The van der Waals surface area contributed by atoms with E-state index in [4.69, 9.17) is 5.73 Å². The summed E-state index contributed by atoms with van der Waals surface area (Å²) in [5.74, 6) is 0.243. The second-order valence-electron chi connectivity index (χ2n) is 4.46. The van der Waals surface area contributed by atoms with Crippen molar-refractivity contribution < 1.29 is 4.79 Å². The summed E-state index contributed by atoms with van der Waals surface area (Å²) in [5.41, 5.74) is 7.56. The number of anilines is 1. The van der Waals surface area contributed by atoms with E-state index in [0.29, 0.717) is 6.54 Å². The Kier molecular flexibility index (Phi) is 5.16. The Hall–Kier alpha value is -1.35. The molecule has 1 atom stereocenters. The van der Waals surface area contributed by atoms with Crippen molar-refractivity contribution in [1.29, 1.82) is 0 Å². The summed E-state index contributed by atoms with van der Waals surface area (Å²) in [6, 6.07) is 7.81. The van der Waals surface area contributed by atoms with Crippen LogP contribution < -0.4 is 10.6 Å². The quantitative estimate of drug-likeness (QED) is 0.851. The minimum absolute atomic E-state index is 0.0755. The molecule has 0 bridgehead atoms. The van der Waals surface area contributed by atoms with Gasteiger partial charge in [0.1, 0.15) is 0 Å². The van der Waals surface area contributed by atoms with Crippen molar-refractivity contribution in [2.75, 3.05) is 11.9 Å². The van der Waals surface area contributed by atoms with E-state index >= 15 is 0 Å². The van der Waals surface area contributed by atoms with Crippen LogP contribution in [-0.2, 0) is 11.3 Å². The number of carbonyl (C=O) groups is 1. The van der Waals surface area contributed by atoms with Crippen molar-refractivity contribution >= 4 is 11.6 Å². The van der Waals surface area contributed by atoms with E-state index in [1.165, 1.54) is 0 Å². The molecule has 1 unspecified atom stereocenters. The van der Waals surface area contributed by atoms with Gasteiger partial charge in [-0.15, -0.1) is 0 Å².